The van der Waals surface area contributed by atoms with E-state index in [4.69, 9.17) is 0 Å². The molecule has 0 spiro atoms. The zero-order valence-corrected chi connectivity index (χ0v) is 18.2. The van der Waals surface area contributed by atoms with Gasteiger partial charge in [-0.2, -0.15) is 5.10 Å². The fourth-order valence-electron chi connectivity index (χ4n) is 4.46. The van der Waals surface area contributed by atoms with Gasteiger partial charge < -0.3 is 15.1 Å². The van der Waals surface area contributed by atoms with Crippen molar-refractivity contribution in [2.45, 2.75) is 38.4 Å². The average Bonchev–Trinajstić information content (AvgIpc) is 3.40. The van der Waals surface area contributed by atoms with Gasteiger partial charge in [0, 0.05) is 48.6 Å². The highest BCUT2D eigenvalue weighted by Gasteiger charge is 2.37. The van der Waals surface area contributed by atoms with Crippen LogP contribution >= 0.6 is 0 Å². The van der Waals surface area contributed by atoms with Crippen molar-refractivity contribution >= 4 is 23.3 Å². The van der Waals surface area contributed by atoms with Gasteiger partial charge in [-0.25, -0.2) is 18.0 Å². The van der Waals surface area contributed by atoms with Crippen LogP contribution in [0, 0.1) is 17.5 Å². The third-order valence-corrected chi connectivity index (χ3v) is 6.23. The highest BCUT2D eigenvalue weighted by molar-refractivity contribution is 5.97. The van der Waals surface area contributed by atoms with E-state index < -0.39 is 23.5 Å². The fourth-order valence-corrected chi connectivity index (χ4v) is 4.46. The summed E-state index contributed by atoms with van der Waals surface area (Å²) in [6.45, 7) is 2.77. The summed E-state index contributed by atoms with van der Waals surface area (Å²) in [5, 5.41) is 6.82. The molecule has 2 atom stereocenters. The SMILES string of the molecule is C[C@H]1Cn2ncc(N3CC(c4ccccn4)CC3=O)c2CN1C(=O)Nc1cc(F)c(F)c(F)c1. The molecule has 2 aliphatic heterocycles. The molecule has 11 heteroatoms. The molecule has 1 unspecified atom stereocenters. The third kappa shape index (κ3) is 3.87. The number of fused-ring (bicyclic) bond motifs is 1. The summed E-state index contributed by atoms with van der Waals surface area (Å²) in [5.41, 5.74) is 1.94. The minimum atomic E-state index is -1.60. The molecule has 0 radical (unpaired) electrons. The lowest BCUT2D eigenvalue weighted by Gasteiger charge is -2.35. The number of pyridine rings is 1. The van der Waals surface area contributed by atoms with Crippen molar-refractivity contribution in [1.29, 1.82) is 0 Å². The molecule has 3 amide bonds. The number of rotatable bonds is 3. The zero-order chi connectivity index (χ0) is 24.0. The quantitative estimate of drug-likeness (QED) is 0.593. The number of halogens is 3. The minimum absolute atomic E-state index is 0.0468. The van der Waals surface area contributed by atoms with Gasteiger partial charge in [-0.05, 0) is 19.1 Å². The lowest BCUT2D eigenvalue weighted by atomic mass is 10.0. The average molecular weight is 470 g/mol. The molecule has 176 valence electrons. The van der Waals surface area contributed by atoms with Crippen LogP contribution in [0.4, 0.5) is 29.3 Å². The summed E-state index contributed by atoms with van der Waals surface area (Å²) < 4.78 is 42.1. The second-order valence-corrected chi connectivity index (χ2v) is 8.48. The molecule has 1 aromatic carbocycles. The lowest BCUT2D eigenvalue weighted by molar-refractivity contribution is -0.117. The predicted molar refractivity (Wildman–Crippen MR) is 117 cm³/mol. The van der Waals surface area contributed by atoms with Gasteiger partial charge in [0.1, 0.15) is 0 Å². The Morgan fingerprint density at radius 1 is 1.15 bits per heavy atom. The summed E-state index contributed by atoms with van der Waals surface area (Å²) in [6.07, 6.45) is 3.64. The molecular weight excluding hydrogens is 449 g/mol. The van der Waals surface area contributed by atoms with Gasteiger partial charge in [0.2, 0.25) is 5.91 Å². The molecule has 1 N–H and O–H groups in total. The van der Waals surface area contributed by atoms with Crippen LogP contribution in [0.25, 0.3) is 0 Å². The van der Waals surface area contributed by atoms with Crippen molar-refractivity contribution < 1.29 is 22.8 Å². The van der Waals surface area contributed by atoms with E-state index in [2.05, 4.69) is 15.4 Å². The van der Waals surface area contributed by atoms with E-state index in [9.17, 15) is 22.8 Å². The van der Waals surface area contributed by atoms with E-state index in [1.165, 1.54) is 4.90 Å². The van der Waals surface area contributed by atoms with Gasteiger partial charge in [0.05, 0.1) is 36.7 Å². The van der Waals surface area contributed by atoms with Crippen LogP contribution in [-0.4, -0.2) is 44.2 Å². The number of anilines is 2. The van der Waals surface area contributed by atoms with Crippen molar-refractivity contribution in [2.24, 2.45) is 0 Å². The van der Waals surface area contributed by atoms with E-state index >= 15 is 0 Å². The summed E-state index contributed by atoms with van der Waals surface area (Å²) in [6, 6.07) is 6.16. The summed E-state index contributed by atoms with van der Waals surface area (Å²) in [7, 11) is 0. The Kier molecular flexibility index (Phi) is 5.46. The molecule has 1 saturated heterocycles. The third-order valence-electron chi connectivity index (χ3n) is 6.23. The van der Waals surface area contributed by atoms with Gasteiger partial charge in [-0.15, -0.1) is 0 Å². The molecule has 4 heterocycles. The Morgan fingerprint density at radius 3 is 2.62 bits per heavy atom. The molecule has 1 fully saturated rings. The Bertz CT molecular complexity index is 1240. The molecule has 2 aromatic heterocycles. The molecule has 2 aliphatic rings. The first-order chi connectivity index (χ1) is 16.3. The van der Waals surface area contributed by atoms with E-state index in [-0.39, 0.29) is 30.1 Å². The highest BCUT2D eigenvalue weighted by atomic mass is 19.2. The van der Waals surface area contributed by atoms with Crippen LogP contribution < -0.4 is 10.2 Å². The minimum Gasteiger partial charge on any atom is -0.314 e. The van der Waals surface area contributed by atoms with Gasteiger partial charge in [0.25, 0.3) is 0 Å². The van der Waals surface area contributed by atoms with Crippen LogP contribution in [0.15, 0.2) is 42.7 Å². The summed E-state index contributed by atoms with van der Waals surface area (Å²) in [5.74, 6) is -4.49. The number of hydrogen-bond acceptors (Lipinski definition) is 4. The molecule has 0 saturated carbocycles. The standard InChI is InChI=1S/C23H21F3N6O2/c1-13-10-32-20(12-30(13)23(34)29-15-7-16(24)22(26)17(25)8-15)19(9-28-32)31-11-14(6-21(31)33)18-4-2-3-5-27-18/h2-5,7-9,13-14H,6,10-12H2,1H3,(H,29,34)/t13-,14?/m0/s1. The summed E-state index contributed by atoms with van der Waals surface area (Å²) in [4.78, 5) is 33.2. The van der Waals surface area contributed by atoms with E-state index in [1.807, 2.05) is 25.1 Å². The number of nitrogens with one attached hydrogen (secondary N) is 1. The second kappa shape index (κ2) is 8.47. The number of carbonyl (C=O) groups is 2. The molecule has 3 aromatic rings. The van der Waals surface area contributed by atoms with Crippen LogP contribution in [0.1, 0.15) is 30.7 Å². The number of urea groups is 1. The Morgan fingerprint density at radius 2 is 1.91 bits per heavy atom. The monoisotopic (exact) mass is 470 g/mol. The smallest absolute Gasteiger partial charge is 0.314 e. The maximum absolute atomic E-state index is 13.5. The number of carbonyl (C=O) groups excluding carboxylic acids is 2. The zero-order valence-electron chi connectivity index (χ0n) is 18.2. The molecule has 5 rings (SSSR count). The van der Waals surface area contributed by atoms with Crippen molar-refractivity contribution in [3.05, 3.63) is 71.6 Å². The highest BCUT2D eigenvalue weighted by Crippen LogP contribution is 2.35. The molecule has 34 heavy (non-hydrogen) atoms. The largest absolute Gasteiger partial charge is 0.322 e. The van der Waals surface area contributed by atoms with Gasteiger partial charge >= 0.3 is 6.03 Å². The maximum atomic E-state index is 13.5. The first kappa shape index (κ1) is 21.9. The van der Waals surface area contributed by atoms with Gasteiger partial charge in [-0.1, -0.05) is 6.07 Å². The van der Waals surface area contributed by atoms with Gasteiger partial charge in [0.15, 0.2) is 17.5 Å². The second-order valence-electron chi connectivity index (χ2n) is 8.48. The number of amides is 3. The Hall–Kier alpha value is -3.89. The normalized spacial score (nSPS) is 19.9. The van der Waals surface area contributed by atoms with E-state index in [1.54, 1.807) is 22.0 Å². The van der Waals surface area contributed by atoms with E-state index in [0.29, 0.717) is 30.9 Å². The maximum Gasteiger partial charge on any atom is 0.322 e. The molecular formula is C23H21F3N6O2. The first-order valence-corrected chi connectivity index (χ1v) is 10.8. The summed E-state index contributed by atoms with van der Waals surface area (Å²) >= 11 is 0. The van der Waals surface area contributed by atoms with Crippen LogP contribution in [-0.2, 0) is 17.9 Å². The number of benzene rings is 1. The van der Waals surface area contributed by atoms with Crippen LogP contribution in [0.3, 0.4) is 0 Å². The van der Waals surface area contributed by atoms with E-state index in [0.717, 1.165) is 17.8 Å². The van der Waals surface area contributed by atoms with Crippen LogP contribution in [0.5, 0.6) is 0 Å². The first-order valence-electron chi connectivity index (χ1n) is 10.8. The Labute approximate surface area is 193 Å². The predicted octanol–water partition coefficient (Wildman–Crippen LogP) is 3.65. The molecule has 0 bridgehead atoms. The Balaban J connectivity index is 1.36. The van der Waals surface area contributed by atoms with Crippen LogP contribution in [0.2, 0.25) is 0 Å². The molecule has 0 aliphatic carbocycles. The van der Waals surface area contributed by atoms with Crippen molar-refractivity contribution in [2.75, 3.05) is 16.8 Å². The number of aromatic nitrogens is 3. The number of nitrogens with zero attached hydrogens (tertiary/aromatic N) is 5. The fraction of sp³-hybridized carbons (Fsp3) is 0.304. The van der Waals surface area contributed by atoms with Gasteiger partial charge in [-0.3, -0.25) is 14.5 Å². The van der Waals surface area contributed by atoms with Crippen molar-refractivity contribution in [1.82, 2.24) is 19.7 Å². The van der Waals surface area contributed by atoms with Crippen molar-refractivity contribution in [3.63, 3.8) is 0 Å². The lowest BCUT2D eigenvalue weighted by Crippen LogP contribution is -2.47. The number of hydrogen-bond donors (Lipinski definition) is 1. The topological polar surface area (TPSA) is 83.4 Å². The molecule has 8 nitrogen and oxygen atoms in total. The van der Waals surface area contributed by atoms with Crippen molar-refractivity contribution in [3.8, 4) is 0 Å².